The molecule has 2 aromatic rings. The molecule has 0 aliphatic heterocycles. The van der Waals surface area contributed by atoms with E-state index in [0.717, 1.165) is 18.4 Å². The van der Waals surface area contributed by atoms with Crippen molar-refractivity contribution in [1.29, 1.82) is 0 Å². The lowest BCUT2D eigenvalue weighted by Crippen LogP contribution is -2.11. The van der Waals surface area contributed by atoms with Crippen LogP contribution in [0.25, 0.3) is 0 Å². The smallest absolute Gasteiger partial charge is 0.159 e. The number of aromatic nitrogens is 2. The SMILES string of the molecule is CCCC(C)SC(Cc1ccc(F)c(F)c1)n1ccnc1. The summed E-state index contributed by atoms with van der Waals surface area (Å²) in [6, 6.07) is 4.12. The molecule has 5 heteroatoms. The Morgan fingerprint density at radius 1 is 1.29 bits per heavy atom. The third-order valence-electron chi connectivity index (χ3n) is 3.34. The first kappa shape index (κ1) is 16.0. The molecule has 1 aromatic carbocycles. The van der Waals surface area contributed by atoms with E-state index in [2.05, 4.69) is 18.8 Å². The summed E-state index contributed by atoms with van der Waals surface area (Å²) in [5.41, 5.74) is 0.795. The molecule has 0 saturated carbocycles. The molecule has 0 spiro atoms. The monoisotopic (exact) mass is 310 g/mol. The number of imidazole rings is 1. The molecular formula is C16H20F2N2S. The van der Waals surface area contributed by atoms with Gasteiger partial charge in [0, 0.05) is 24.1 Å². The second-order valence-corrected chi connectivity index (χ2v) is 6.77. The first-order valence-electron chi connectivity index (χ1n) is 7.17. The van der Waals surface area contributed by atoms with Crippen LogP contribution in [0, 0.1) is 11.6 Å². The van der Waals surface area contributed by atoms with E-state index in [1.807, 2.05) is 22.5 Å². The van der Waals surface area contributed by atoms with Gasteiger partial charge in [-0.3, -0.25) is 0 Å². The molecule has 0 saturated heterocycles. The Hall–Kier alpha value is -1.36. The molecule has 0 aliphatic rings. The Morgan fingerprint density at radius 2 is 2.10 bits per heavy atom. The molecule has 0 fully saturated rings. The highest BCUT2D eigenvalue weighted by Crippen LogP contribution is 2.32. The van der Waals surface area contributed by atoms with Gasteiger partial charge in [0.25, 0.3) is 0 Å². The Balaban J connectivity index is 2.13. The maximum absolute atomic E-state index is 13.4. The van der Waals surface area contributed by atoms with Crippen LogP contribution in [0.3, 0.4) is 0 Å². The minimum atomic E-state index is -0.801. The van der Waals surface area contributed by atoms with Gasteiger partial charge >= 0.3 is 0 Å². The number of thioether (sulfide) groups is 1. The van der Waals surface area contributed by atoms with Gasteiger partial charge in [-0.15, -0.1) is 11.8 Å². The van der Waals surface area contributed by atoms with E-state index >= 15 is 0 Å². The third kappa shape index (κ3) is 4.56. The van der Waals surface area contributed by atoms with Crippen LogP contribution in [0.2, 0.25) is 0 Å². The molecule has 0 N–H and O–H groups in total. The van der Waals surface area contributed by atoms with Gasteiger partial charge in [-0.25, -0.2) is 13.8 Å². The largest absolute Gasteiger partial charge is 0.325 e. The van der Waals surface area contributed by atoms with Crippen molar-refractivity contribution in [2.75, 3.05) is 0 Å². The van der Waals surface area contributed by atoms with Crippen LogP contribution in [0.15, 0.2) is 36.9 Å². The van der Waals surface area contributed by atoms with E-state index in [0.29, 0.717) is 11.7 Å². The van der Waals surface area contributed by atoms with E-state index < -0.39 is 11.6 Å². The molecule has 2 rings (SSSR count). The summed E-state index contributed by atoms with van der Waals surface area (Å²) in [6.45, 7) is 4.36. The number of rotatable bonds is 7. The van der Waals surface area contributed by atoms with E-state index in [4.69, 9.17) is 0 Å². The summed E-state index contributed by atoms with van der Waals surface area (Å²) >= 11 is 1.84. The summed E-state index contributed by atoms with van der Waals surface area (Å²) in [7, 11) is 0. The fraction of sp³-hybridized carbons (Fsp3) is 0.438. The van der Waals surface area contributed by atoms with Crippen LogP contribution in [0.5, 0.6) is 0 Å². The normalized spacial score (nSPS) is 14.1. The quantitative estimate of drug-likeness (QED) is 0.729. The third-order valence-corrected chi connectivity index (χ3v) is 4.76. The molecule has 1 aromatic heterocycles. The number of halogens is 2. The Kier molecular flexibility index (Phi) is 5.79. The van der Waals surface area contributed by atoms with Crippen LogP contribution >= 0.6 is 11.8 Å². The van der Waals surface area contributed by atoms with Crippen molar-refractivity contribution < 1.29 is 8.78 Å². The van der Waals surface area contributed by atoms with E-state index in [1.54, 1.807) is 18.6 Å². The molecular weight excluding hydrogens is 290 g/mol. The predicted octanol–water partition coefficient (Wildman–Crippen LogP) is 4.82. The van der Waals surface area contributed by atoms with Gasteiger partial charge in [0.05, 0.1) is 11.7 Å². The standard InChI is InChI=1S/C16H20F2N2S/c1-3-4-12(2)21-16(20-8-7-19-11-20)10-13-5-6-14(17)15(18)9-13/h5-9,11-12,16H,3-4,10H2,1-2H3. The lowest BCUT2D eigenvalue weighted by Gasteiger charge is -2.22. The van der Waals surface area contributed by atoms with Gasteiger partial charge in [0.2, 0.25) is 0 Å². The number of nitrogens with zero attached hydrogens (tertiary/aromatic N) is 2. The maximum atomic E-state index is 13.4. The summed E-state index contributed by atoms with van der Waals surface area (Å²) < 4.78 is 28.4. The summed E-state index contributed by atoms with van der Waals surface area (Å²) in [4.78, 5) is 4.09. The van der Waals surface area contributed by atoms with Gasteiger partial charge in [-0.05, 0) is 24.1 Å². The van der Waals surface area contributed by atoms with E-state index in [-0.39, 0.29) is 5.37 Å². The zero-order chi connectivity index (χ0) is 15.2. The molecule has 0 bridgehead atoms. The Labute approximate surface area is 128 Å². The lowest BCUT2D eigenvalue weighted by atomic mass is 10.1. The highest BCUT2D eigenvalue weighted by molar-refractivity contribution is 7.99. The number of benzene rings is 1. The fourth-order valence-corrected chi connectivity index (χ4v) is 3.74. The van der Waals surface area contributed by atoms with Crippen molar-refractivity contribution in [2.24, 2.45) is 0 Å². The van der Waals surface area contributed by atoms with Crippen LogP contribution in [-0.2, 0) is 6.42 Å². The van der Waals surface area contributed by atoms with Gasteiger partial charge in [0.15, 0.2) is 11.6 Å². The van der Waals surface area contributed by atoms with Crippen molar-refractivity contribution >= 4 is 11.8 Å². The summed E-state index contributed by atoms with van der Waals surface area (Å²) in [5.74, 6) is -1.59. The average Bonchev–Trinajstić information content (AvgIpc) is 2.96. The lowest BCUT2D eigenvalue weighted by molar-refractivity contribution is 0.506. The second kappa shape index (κ2) is 7.59. The van der Waals surface area contributed by atoms with Crippen LogP contribution in [0.4, 0.5) is 8.78 Å². The van der Waals surface area contributed by atoms with E-state index in [9.17, 15) is 8.78 Å². The maximum Gasteiger partial charge on any atom is 0.159 e. The molecule has 114 valence electrons. The molecule has 1 heterocycles. The Morgan fingerprint density at radius 3 is 2.71 bits per heavy atom. The topological polar surface area (TPSA) is 17.8 Å². The molecule has 2 atom stereocenters. The van der Waals surface area contributed by atoms with Crippen molar-refractivity contribution in [3.8, 4) is 0 Å². The zero-order valence-electron chi connectivity index (χ0n) is 12.3. The second-order valence-electron chi connectivity index (χ2n) is 5.15. The zero-order valence-corrected chi connectivity index (χ0v) is 13.1. The van der Waals surface area contributed by atoms with Crippen LogP contribution in [0.1, 0.15) is 37.6 Å². The van der Waals surface area contributed by atoms with Gasteiger partial charge in [-0.1, -0.05) is 26.3 Å². The number of hydrogen-bond donors (Lipinski definition) is 0. The van der Waals surface area contributed by atoms with Gasteiger partial charge < -0.3 is 4.57 Å². The van der Waals surface area contributed by atoms with Crippen molar-refractivity contribution in [3.63, 3.8) is 0 Å². The first-order valence-corrected chi connectivity index (χ1v) is 8.11. The van der Waals surface area contributed by atoms with Gasteiger partial charge in [0.1, 0.15) is 0 Å². The summed E-state index contributed by atoms with van der Waals surface area (Å²) in [5, 5.41) is 0.645. The molecule has 0 amide bonds. The minimum Gasteiger partial charge on any atom is -0.325 e. The number of hydrogen-bond acceptors (Lipinski definition) is 2. The van der Waals surface area contributed by atoms with Crippen molar-refractivity contribution in [3.05, 3.63) is 54.1 Å². The fourth-order valence-electron chi connectivity index (χ4n) is 2.27. The summed E-state index contributed by atoms with van der Waals surface area (Å²) in [6.07, 6.45) is 8.34. The van der Waals surface area contributed by atoms with Crippen molar-refractivity contribution in [1.82, 2.24) is 9.55 Å². The highest BCUT2D eigenvalue weighted by atomic mass is 32.2. The minimum absolute atomic E-state index is 0.138. The van der Waals surface area contributed by atoms with Crippen molar-refractivity contribution in [2.45, 2.75) is 43.7 Å². The van der Waals surface area contributed by atoms with Crippen LogP contribution in [-0.4, -0.2) is 14.8 Å². The molecule has 2 unspecified atom stereocenters. The van der Waals surface area contributed by atoms with Gasteiger partial charge in [-0.2, -0.15) is 0 Å². The van der Waals surface area contributed by atoms with Crippen LogP contribution < -0.4 is 0 Å². The first-order chi connectivity index (χ1) is 10.1. The molecule has 21 heavy (non-hydrogen) atoms. The molecule has 0 aliphatic carbocycles. The Bertz CT molecular complexity index is 557. The average molecular weight is 310 g/mol. The molecule has 0 radical (unpaired) electrons. The molecule has 2 nitrogen and oxygen atoms in total. The highest BCUT2D eigenvalue weighted by Gasteiger charge is 2.16. The van der Waals surface area contributed by atoms with E-state index in [1.165, 1.54) is 12.1 Å². The predicted molar refractivity (Wildman–Crippen MR) is 83.3 cm³/mol.